The van der Waals surface area contributed by atoms with Crippen molar-refractivity contribution in [3.8, 4) is 6.07 Å². The molecule has 2 rings (SSSR count). The van der Waals surface area contributed by atoms with Gasteiger partial charge in [-0.2, -0.15) is 5.26 Å². The van der Waals surface area contributed by atoms with Gasteiger partial charge in [0.05, 0.1) is 32.4 Å². The number of nitrogens with one attached hydrogen (secondary N) is 1. The molecule has 0 saturated carbocycles. The molecule has 0 aliphatic rings. The predicted octanol–water partition coefficient (Wildman–Crippen LogP) is 5.41. The van der Waals surface area contributed by atoms with Gasteiger partial charge < -0.3 is 5.32 Å². The van der Waals surface area contributed by atoms with Crippen molar-refractivity contribution in [3.63, 3.8) is 0 Å². The summed E-state index contributed by atoms with van der Waals surface area (Å²) in [4.78, 5) is 0. The number of benzene rings is 2. The van der Waals surface area contributed by atoms with Crippen molar-refractivity contribution >= 4 is 40.5 Å². The van der Waals surface area contributed by atoms with Gasteiger partial charge in [-0.15, -0.1) is 0 Å². The fraction of sp³-hybridized carbons (Fsp3) is 0.0714. The highest BCUT2D eigenvalue weighted by molar-refractivity contribution is 6.44. The number of hydrogen-bond donors (Lipinski definition) is 1. The Bertz CT molecular complexity index is 719. The Morgan fingerprint density at radius 2 is 1.52 bits per heavy atom. The molecule has 0 heterocycles. The van der Waals surface area contributed by atoms with Gasteiger partial charge in [-0.1, -0.05) is 34.8 Å². The van der Waals surface area contributed by atoms with Crippen LogP contribution in [0, 0.1) is 23.0 Å². The number of nitriles is 1. The van der Waals surface area contributed by atoms with Crippen molar-refractivity contribution in [2.45, 2.75) is 6.54 Å². The fourth-order valence-electron chi connectivity index (χ4n) is 1.68. The Hall–Kier alpha value is -1.54. The van der Waals surface area contributed by atoms with E-state index in [2.05, 4.69) is 5.32 Å². The van der Waals surface area contributed by atoms with Crippen molar-refractivity contribution < 1.29 is 8.78 Å². The summed E-state index contributed by atoms with van der Waals surface area (Å²) in [5, 5.41) is 12.2. The molecule has 7 heteroatoms. The highest BCUT2D eigenvalue weighted by atomic mass is 35.5. The van der Waals surface area contributed by atoms with Crippen molar-refractivity contribution in [1.29, 1.82) is 5.26 Å². The Balaban J connectivity index is 2.25. The van der Waals surface area contributed by atoms with Gasteiger partial charge in [-0.25, -0.2) is 8.78 Å². The average molecular weight is 348 g/mol. The second-order valence-electron chi connectivity index (χ2n) is 4.13. The molecule has 2 aromatic rings. The van der Waals surface area contributed by atoms with Crippen LogP contribution < -0.4 is 5.32 Å². The fourth-order valence-corrected chi connectivity index (χ4v) is 2.29. The summed E-state index contributed by atoms with van der Waals surface area (Å²) in [7, 11) is 0. The third kappa shape index (κ3) is 3.56. The lowest BCUT2D eigenvalue weighted by Crippen LogP contribution is -2.05. The van der Waals surface area contributed by atoms with Crippen molar-refractivity contribution in [3.05, 3.63) is 62.1 Å². The zero-order chi connectivity index (χ0) is 15.6. The van der Waals surface area contributed by atoms with E-state index in [0.29, 0.717) is 5.69 Å². The van der Waals surface area contributed by atoms with Crippen LogP contribution in [0.25, 0.3) is 0 Å². The maximum Gasteiger partial charge on any atom is 0.132 e. The van der Waals surface area contributed by atoms with E-state index < -0.39 is 11.6 Å². The van der Waals surface area contributed by atoms with Crippen LogP contribution in [-0.2, 0) is 6.54 Å². The molecule has 2 nitrogen and oxygen atoms in total. The minimum Gasteiger partial charge on any atom is -0.379 e. The molecule has 21 heavy (non-hydrogen) atoms. The summed E-state index contributed by atoms with van der Waals surface area (Å²) in [5.74, 6) is -1.62. The molecule has 0 saturated heterocycles. The van der Waals surface area contributed by atoms with Crippen LogP contribution in [0.1, 0.15) is 11.1 Å². The highest BCUT2D eigenvalue weighted by Crippen LogP contribution is 2.32. The van der Waals surface area contributed by atoms with Crippen LogP contribution in [0.15, 0.2) is 24.3 Å². The Morgan fingerprint density at radius 3 is 2.10 bits per heavy atom. The first-order valence-electron chi connectivity index (χ1n) is 5.69. The minimum atomic E-state index is -0.810. The summed E-state index contributed by atoms with van der Waals surface area (Å²) in [6, 6.07) is 6.51. The molecule has 0 spiro atoms. The van der Waals surface area contributed by atoms with Crippen molar-refractivity contribution in [1.82, 2.24) is 0 Å². The lowest BCUT2D eigenvalue weighted by molar-refractivity contribution is 0.559. The maximum atomic E-state index is 13.7. The average Bonchev–Trinajstić information content (AvgIpc) is 2.42. The number of anilines is 1. The summed E-state index contributed by atoms with van der Waals surface area (Å²) in [6.07, 6.45) is 0. The zero-order valence-corrected chi connectivity index (χ0v) is 12.6. The second-order valence-corrected chi connectivity index (χ2v) is 5.35. The molecular formula is C14H7Cl3F2N2. The van der Waals surface area contributed by atoms with Gasteiger partial charge in [-0.3, -0.25) is 0 Å². The van der Waals surface area contributed by atoms with Gasteiger partial charge in [0.15, 0.2) is 0 Å². The molecule has 108 valence electrons. The Kier molecular flexibility index (Phi) is 4.89. The summed E-state index contributed by atoms with van der Waals surface area (Å²) < 4.78 is 27.5. The van der Waals surface area contributed by atoms with E-state index in [1.54, 1.807) is 6.07 Å². The van der Waals surface area contributed by atoms with E-state index >= 15 is 0 Å². The minimum absolute atomic E-state index is 0.0821. The molecule has 0 fully saturated rings. The van der Waals surface area contributed by atoms with Crippen LogP contribution in [0.4, 0.5) is 14.5 Å². The first-order valence-corrected chi connectivity index (χ1v) is 6.82. The van der Waals surface area contributed by atoms with E-state index in [-0.39, 0.29) is 32.7 Å². The molecule has 0 unspecified atom stereocenters. The molecule has 0 amide bonds. The maximum absolute atomic E-state index is 13.7. The normalized spacial score (nSPS) is 10.3. The van der Waals surface area contributed by atoms with Gasteiger partial charge in [0.2, 0.25) is 0 Å². The lowest BCUT2D eigenvalue weighted by Gasteiger charge is -2.11. The van der Waals surface area contributed by atoms with Crippen LogP contribution in [0.2, 0.25) is 15.1 Å². The Labute approximate surface area is 134 Å². The third-order valence-corrected chi connectivity index (χ3v) is 3.77. The van der Waals surface area contributed by atoms with E-state index in [1.807, 2.05) is 0 Å². The summed E-state index contributed by atoms with van der Waals surface area (Å²) >= 11 is 17.6. The molecular weight excluding hydrogens is 341 g/mol. The van der Waals surface area contributed by atoms with Gasteiger partial charge in [-0.05, 0) is 24.3 Å². The number of rotatable bonds is 3. The second kappa shape index (κ2) is 6.48. The molecule has 0 aromatic heterocycles. The van der Waals surface area contributed by atoms with E-state index in [4.69, 9.17) is 40.1 Å². The standard InChI is InChI=1S/C14H7Cl3F2N2/c15-9-3-11(17)14(4-10(9)16)21-6-8-12(18)1-7(5-20)2-13(8)19/h1-4,21H,6H2. The first-order chi connectivity index (χ1) is 9.92. The molecule has 1 N–H and O–H groups in total. The van der Waals surface area contributed by atoms with Crippen molar-refractivity contribution in [2.75, 3.05) is 5.32 Å². The molecule has 2 aromatic carbocycles. The van der Waals surface area contributed by atoms with Crippen molar-refractivity contribution in [2.24, 2.45) is 0 Å². The largest absolute Gasteiger partial charge is 0.379 e. The van der Waals surface area contributed by atoms with Gasteiger partial charge in [0, 0.05) is 12.1 Å². The molecule has 0 atom stereocenters. The molecule has 0 bridgehead atoms. The van der Waals surface area contributed by atoms with Gasteiger partial charge in [0.1, 0.15) is 11.6 Å². The monoisotopic (exact) mass is 346 g/mol. The molecule has 0 radical (unpaired) electrons. The highest BCUT2D eigenvalue weighted by Gasteiger charge is 2.12. The van der Waals surface area contributed by atoms with Crippen LogP contribution in [-0.4, -0.2) is 0 Å². The van der Waals surface area contributed by atoms with E-state index in [0.717, 1.165) is 12.1 Å². The quantitative estimate of drug-likeness (QED) is 0.754. The van der Waals surface area contributed by atoms with Crippen LogP contribution in [0.3, 0.4) is 0 Å². The lowest BCUT2D eigenvalue weighted by atomic mass is 10.1. The number of halogens is 5. The Morgan fingerprint density at radius 1 is 0.952 bits per heavy atom. The zero-order valence-electron chi connectivity index (χ0n) is 10.4. The predicted molar refractivity (Wildman–Crippen MR) is 79.9 cm³/mol. The van der Waals surface area contributed by atoms with E-state index in [1.165, 1.54) is 12.1 Å². The number of nitrogens with zero attached hydrogens (tertiary/aromatic N) is 1. The van der Waals surface area contributed by atoms with Gasteiger partial charge >= 0.3 is 0 Å². The number of hydrogen-bond acceptors (Lipinski definition) is 2. The summed E-state index contributed by atoms with van der Waals surface area (Å²) in [5.41, 5.74) is 0.117. The first kappa shape index (κ1) is 15.8. The van der Waals surface area contributed by atoms with Gasteiger partial charge in [0.25, 0.3) is 0 Å². The topological polar surface area (TPSA) is 35.8 Å². The van der Waals surface area contributed by atoms with Crippen LogP contribution in [0.5, 0.6) is 0 Å². The summed E-state index contributed by atoms with van der Waals surface area (Å²) in [6.45, 7) is -0.152. The third-order valence-electron chi connectivity index (χ3n) is 2.74. The molecule has 0 aliphatic carbocycles. The SMILES string of the molecule is N#Cc1cc(F)c(CNc2cc(Cl)c(Cl)cc2Cl)c(F)c1. The van der Waals surface area contributed by atoms with Crippen LogP contribution >= 0.6 is 34.8 Å². The smallest absolute Gasteiger partial charge is 0.132 e. The van der Waals surface area contributed by atoms with E-state index in [9.17, 15) is 8.78 Å². The molecule has 0 aliphatic heterocycles.